The summed E-state index contributed by atoms with van der Waals surface area (Å²) in [7, 11) is 1.68. The number of hydrogen-bond donors (Lipinski definition) is 1. The van der Waals surface area contributed by atoms with Gasteiger partial charge in [-0.25, -0.2) is 4.98 Å². The van der Waals surface area contributed by atoms with Gasteiger partial charge in [-0.05, 0) is 26.8 Å². The van der Waals surface area contributed by atoms with Gasteiger partial charge >= 0.3 is 0 Å². The number of aromatic nitrogens is 1. The number of rotatable bonds is 9. The Hall–Kier alpha value is -0.490. The van der Waals surface area contributed by atoms with Crippen molar-refractivity contribution >= 4 is 11.3 Å². The van der Waals surface area contributed by atoms with Crippen LogP contribution < -0.4 is 5.32 Å². The van der Waals surface area contributed by atoms with Crippen molar-refractivity contribution in [1.29, 1.82) is 0 Å². The Bertz CT molecular complexity index is 296. The van der Waals surface area contributed by atoms with Crippen LogP contribution in [0.25, 0.3) is 0 Å². The number of methoxy groups -OCH3 is 1. The summed E-state index contributed by atoms with van der Waals surface area (Å²) >= 11 is 1.77. The van der Waals surface area contributed by atoms with Gasteiger partial charge in [0.15, 0.2) is 0 Å². The largest absolute Gasteiger partial charge is 0.382 e. The highest BCUT2D eigenvalue weighted by molar-refractivity contribution is 7.11. The van der Waals surface area contributed by atoms with Crippen molar-refractivity contribution in [1.82, 2.24) is 10.3 Å². The van der Waals surface area contributed by atoms with Gasteiger partial charge in [0, 0.05) is 25.1 Å². The van der Waals surface area contributed by atoms with Crippen LogP contribution in [0.5, 0.6) is 0 Å². The fourth-order valence-electron chi connectivity index (χ4n) is 1.35. The van der Waals surface area contributed by atoms with E-state index in [0.29, 0.717) is 13.2 Å². The molecule has 1 aromatic heterocycles. The Labute approximate surface area is 107 Å². The van der Waals surface area contributed by atoms with Crippen molar-refractivity contribution in [2.24, 2.45) is 0 Å². The number of ether oxygens (including phenoxy) is 2. The van der Waals surface area contributed by atoms with E-state index in [2.05, 4.69) is 24.1 Å². The fraction of sp³-hybridized carbons (Fsp3) is 0.750. The van der Waals surface area contributed by atoms with E-state index in [4.69, 9.17) is 9.47 Å². The molecular weight excluding hydrogens is 236 g/mol. The molecular formula is C12H22N2O2S. The zero-order valence-corrected chi connectivity index (χ0v) is 11.7. The van der Waals surface area contributed by atoms with Crippen molar-refractivity contribution in [2.75, 3.05) is 33.5 Å². The minimum Gasteiger partial charge on any atom is -0.382 e. The Balaban J connectivity index is 1.97. The topological polar surface area (TPSA) is 43.4 Å². The standard InChI is InChI=1S/C12H22N2O2S/c1-10-11(2)17-12(14-10)9-13-5-4-6-16-8-7-15-3/h13H,4-9H2,1-3H3. The quantitative estimate of drug-likeness (QED) is 0.687. The maximum atomic E-state index is 5.37. The molecule has 0 aliphatic heterocycles. The van der Waals surface area contributed by atoms with E-state index in [1.54, 1.807) is 18.4 Å². The molecule has 1 N–H and O–H groups in total. The molecule has 0 saturated carbocycles. The van der Waals surface area contributed by atoms with Gasteiger partial charge in [0.1, 0.15) is 5.01 Å². The van der Waals surface area contributed by atoms with Gasteiger partial charge in [0.2, 0.25) is 0 Å². The first-order valence-electron chi connectivity index (χ1n) is 5.94. The summed E-state index contributed by atoms with van der Waals surface area (Å²) in [5, 5.41) is 4.54. The monoisotopic (exact) mass is 258 g/mol. The fourth-order valence-corrected chi connectivity index (χ4v) is 2.26. The van der Waals surface area contributed by atoms with Gasteiger partial charge in [-0.15, -0.1) is 11.3 Å². The van der Waals surface area contributed by atoms with Gasteiger partial charge in [0.05, 0.1) is 18.9 Å². The van der Waals surface area contributed by atoms with Gasteiger partial charge in [0.25, 0.3) is 0 Å². The summed E-state index contributed by atoms with van der Waals surface area (Å²) in [5.74, 6) is 0. The lowest BCUT2D eigenvalue weighted by molar-refractivity contribution is 0.0695. The van der Waals surface area contributed by atoms with Crippen molar-refractivity contribution in [3.05, 3.63) is 15.6 Å². The zero-order chi connectivity index (χ0) is 12.5. The molecule has 98 valence electrons. The van der Waals surface area contributed by atoms with Crippen molar-refractivity contribution in [2.45, 2.75) is 26.8 Å². The summed E-state index contributed by atoms with van der Waals surface area (Å²) in [6.45, 7) is 8.12. The van der Waals surface area contributed by atoms with Crippen LogP contribution in [-0.4, -0.2) is 38.5 Å². The first-order valence-corrected chi connectivity index (χ1v) is 6.76. The Morgan fingerprint density at radius 3 is 2.71 bits per heavy atom. The third-order valence-corrected chi connectivity index (χ3v) is 3.50. The van der Waals surface area contributed by atoms with E-state index in [9.17, 15) is 0 Å². The summed E-state index contributed by atoms with van der Waals surface area (Å²) in [6.07, 6.45) is 1.02. The molecule has 0 saturated heterocycles. The molecule has 1 aromatic rings. The number of thiazole rings is 1. The highest BCUT2D eigenvalue weighted by atomic mass is 32.1. The number of hydrogen-bond acceptors (Lipinski definition) is 5. The second kappa shape index (κ2) is 8.58. The molecule has 1 heterocycles. The van der Waals surface area contributed by atoms with Crippen LogP contribution in [0.3, 0.4) is 0 Å². The SMILES string of the molecule is COCCOCCCNCc1nc(C)c(C)s1. The van der Waals surface area contributed by atoms with Gasteiger partial charge < -0.3 is 14.8 Å². The van der Waals surface area contributed by atoms with E-state index in [0.717, 1.165) is 31.8 Å². The molecule has 0 radical (unpaired) electrons. The molecule has 0 atom stereocenters. The second-order valence-electron chi connectivity index (χ2n) is 3.88. The molecule has 0 aliphatic carbocycles. The zero-order valence-electron chi connectivity index (χ0n) is 10.9. The smallest absolute Gasteiger partial charge is 0.107 e. The van der Waals surface area contributed by atoms with Crippen LogP contribution in [0.2, 0.25) is 0 Å². The molecule has 5 heteroatoms. The van der Waals surface area contributed by atoms with Gasteiger partial charge in [-0.3, -0.25) is 0 Å². The number of nitrogens with zero attached hydrogens (tertiary/aromatic N) is 1. The minimum absolute atomic E-state index is 0.672. The first-order chi connectivity index (χ1) is 8.24. The number of aryl methyl sites for hydroxylation is 2. The maximum Gasteiger partial charge on any atom is 0.107 e. The minimum atomic E-state index is 0.672. The van der Waals surface area contributed by atoms with Crippen LogP contribution >= 0.6 is 11.3 Å². The molecule has 17 heavy (non-hydrogen) atoms. The third kappa shape index (κ3) is 6.12. The molecule has 4 nitrogen and oxygen atoms in total. The molecule has 0 amide bonds. The van der Waals surface area contributed by atoms with E-state index in [1.807, 2.05) is 0 Å². The second-order valence-corrected chi connectivity index (χ2v) is 5.17. The molecule has 1 rings (SSSR count). The molecule has 0 unspecified atom stereocenters. The predicted octanol–water partition coefficient (Wildman–Crippen LogP) is 1.90. The van der Waals surface area contributed by atoms with Crippen molar-refractivity contribution in [3.8, 4) is 0 Å². The number of nitrogens with one attached hydrogen (secondary N) is 1. The molecule has 0 aromatic carbocycles. The Kier molecular flexibility index (Phi) is 7.35. The predicted molar refractivity (Wildman–Crippen MR) is 70.6 cm³/mol. The van der Waals surface area contributed by atoms with Crippen LogP contribution in [0, 0.1) is 13.8 Å². The highest BCUT2D eigenvalue weighted by Crippen LogP contribution is 2.15. The maximum absolute atomic E-state index is 5.37. The van der Waals surface area contributed by atoms with E-state index < -0.39 is 0 Å². The van der Waals surface area contributed by atoms with Crippen LogP contribution in [0.1, 0.15) is 22.0 Å². The lowest BCUT2D eigenvalue weighted by Gasteiger charge is -2.04. The molecule has 0 spiro atoms. The van der Waals surface area contributed by atoms with Crippen LogP contribution in [-0.2, 0) is 16.0 Å². The Morgan fingerprint density at radius 2 is 2.06 bits per heavy atom. The van der Waals surface area contributed by atoms with Crippen molar-refractivity contribution < 1.29 is 9.47 Å². The van der Waals surface area contributed by atoms with Crippen LogP contribution in [0.15, 0.2) is 0 Å². The van der Waals surface area contributed by atoms with Gasteiger partial charge in [-0.2, -0.15) is 0 Å². The van der Waals surface area contributed by atoms with E-state index in [-0.39, 0.29) is 0 Å². The van der Waals surface area contributed by atoms with Crippen molar-refractivity contribution in [3.63, 3.8) is 0 Å². The van der Waals surface area contributed by atoms with Crippen LogP contribution in [0.4, 0.5) is 0 Å². The highest BCUT2D eigenvalue weighted by Gasteiger charge is 2.02. The van der Waals surface area contributed by atoms with Gasteiger partial charge in [-0.1, -0.05) is 0 Å². The lowest BCUT2D eigenvalue weighted by atomic mass is 10.4. The normalized spacial score (nSPS) is 11.0. The lowest BCUT2D eigenvalue weighted by Crippen LogP contribution is -2.16. The summed E-state index contributed by atoms with van der Waals surface area (Å²) in [6, 6.07) is 0. The molecule has 0 fully saturated rings. The first kappa shape index (κ1) is 14.6. The summed E-state index contributed by atoms with van der Waals surface area (Å²) < 4.78 is 10.3. The van der Waals surface area contributed by atoms with E-state index >= 15 is 0 Å². The third-order valence-electron chi connectivity index (χ3n) is 2.42. The Morgan fingerprint density at radius 1 is 1.24 bits per heavy atom. The molecule has 0 bridgehead atoms. The average molecular weight is 258 g/mol. The molecule has 0 aliphatic rings. The van der Waals surface area contributed by atoms with E-state index in [1.165, 1.54) is 9.88 Å². The average Bonchev–Trinajstić information content (AvgIpc) is 2.62. The summed E-state index contributed by atoms with van der Waals surface area (Å²) in [4.78, 5) is 5.79. The summed E-state index contributed by atoms with van der Waals surface area (Å²) in [5.41, 5.74) is 1.15.